The molecular formula is C12H17N3O. The molecular weight excluding hydrogens is 202 g/mol. The molecule has 2 heterocycles. The standard InChI is InChI=1S/C12H17N3O/c1-8(2)10(7-16)12-14-6-11(15-12)9-3-4-13-5-9/h3-6,8,10,13,16H,7H2,1-2H3,(H,14,15). The van der Waals surface area contributed by atoms with Crippen molar-refractivity contribution in [2.75, 3.05) is 6.61 Å². The Morgan fingerprint density at radius 2 is 2.25 bits per heavy atom. The number of hydrogen-bond acceptors (Lipinski definition) is 2. The van der Waals surface area contributed by atoms with E-state index in [-0.39, 0.29) is 12.5 Å². The Balaban J connectivity index is 2.25. The predicted octanol–water partition coefficient (Wildman–Crippen LogP) is 2.14. The van der Waals surface area contributed by atoms with Gasteiger partial charge in [-0.1, -0.05) is 13.8 Å². The molecule has 0 aliphatic rings. The second-order valence-corrected chi connectivity index (χ2v) is 4.31. The van der Waals surface area contributed by atoms with Gasteiger partial charge in [0.1, 0.15) is 5.82 Å². The molecule has 0 spiro atoms. The molecule has 2 rings (SSSR count). The Morgan fingerprint density at radius 1 is 1.44 bits per heavy atom. The zero-order chi connectivity index (χ0) is 11.5. The maximum atomic E-state index is 9.32. The Morgan fingerprint density at radius 3 is 2.81 bits per heavy atom. The number of rotatable bonds is 4. The van der Waals surface area contributed by atoms with Gasteiger partial charge in [0.05, 0.1) is 18.5 Å². The van der Waals surface area contributed by atoms with Crippen molar-refractivity contribution in [3.05, 3.63) is 30.5 Å². The van der Waals surface area contributed by atoms with Crippen LogP contribution in [0.4, 0.5) is 0 Å². The van der Waals surface area contributed by atoms with E-state index in [0.29, 0.717) is 5.92 Å². The van der Waals surface area contributed by atoms with Crippen molar-refractivity contribution in [2.24, 2.45) is 5.92 Å². The third-order valence-electron chi connectivity index (χ3n) is 2.86. The summed E-state index contributed by atoms with van der Waals surface area (Å²) in [5, 5.41) is 9.32. The first-order chi connectivity index (χ1) is 7.72. The molecule has 0 aromatic carbocycles. The monoisotopic (exact) mass is 219 g/mol. The van der Waals surface area contributed by atoms with Crippen LogP contribution in [0.1, 0.15) is 25.6 Å². The molecule has 3 N–H and O–H groups in total. The number of nitrogens with zero attached hydrogens (tertiary/aromatic N) is 1. The van der Waals surface area contributed by atoms with Crippen LogP contribution in [0.5, 0.6) is 0 Å². The lowest BCUT2D eigenvalue weighted by atomic mass is 9.96. The number of hydrogen-bond donors (Lipinski definition) is 3. The minimum absolute atomic E-state index is 0.0766. The van der Waals surface area contributed by atoms with Crippen molar-refractivity contribution in [2.45, 2.75) is 19.8 Å². The summed E-state index contributed by atoms with van der Waals surface area (Å²) < 4.78 is 0. The molecule has 2 aromatic rings. The second kappa shape index (κ2) is 4.53. The number of aromatic amines is 2. The second-order valence-electron chi connectivity index (χ2n) is 4.31. The molecule has 0 saturated carbocycles. The van der Waals surface area contributed by atoms with E-state index in [4.69, 9.17) is 0 Å². The van der Waals surface area contributed by atoms with Crippen molar-refractivity contribution >= 4 is 0 Å². The SMILES string of the molecule is CC(C)C(CO)c1ncc(-c2cc[nH]c2)[nH]1. The van der Waals surface area contributed by atoms with E-state index >= 15 is 0 Å². The first-order valence-electron chi connectivity index (χ1n) is 5.51. The highest BCUT2D eigenvalue weighted by Gasteiger charge is 2.18. The minimum Gasteiger partial charge on any atom is -0.396 e. The summed E-state index contributed by atoms with van der Waals surface area (Å²) in [5.41, 5.74) is 2.06. The molecule has 0 aliphatic carbocycles. The van der Waals surface area contributed by atoms with Crippen LogP contribution in [0.25, 0.3) is 11.3 Å². The Hall–Kier alpha value is -1.55. The number of imidazole rings is 1. The van der Waals surface area contributed by atoms with Gasteiger partial charge in [0.2, 0.25) is 0 Å². The summed E-state index contributed by atoms with van der Waals surface area (Å²) in [5.74, 6) is 1.30. The number of aliphatic hydroxyl groups excluding tert-OH is 1. The van der Waals surface area contributed by atoms with Gasteiger partial charge >= 0.3 is 0 Å². The number of aliphatic hydroxyl groups is 1. The van der Waals surface area contributed by atoms with E-state index in [1.54, 1.807) is 0 Å². The van der Waals surface area contributed by atoms with Crippen molar-refractivity contribution in [3.63, 3.8) is 0 Å². The lowest BCUT2D eigenvalue weighted by Gasteiger charge is -2.15. The summed E-state index contributed by atoms with van der Waals surface area (Å²) in [4.78, 5) is 10.6. The van der Waals surface area contributed by atoms with Crippen LogP contribution in [0.15, 0.2) is 24.7 Å². The first kappa shape index (κ1) is 11.0. The van der Waals surface area contributed by atoms with E-state index < -0.39 is 0 Å². The Kier molecular flexibility index (Phi) is 3.10. The topological polar surface area (TPSA) is 64.7 Å². The van der Waals surface area contributed by atoms with E-state index in [9.17, 15) is 5.11 Å². The normalized spacial score (nSPS) is 13.2. The Bertz CT molecular complexity index is 431. The molecule has 16 heavy (non-hydrogen) atoms. The molecule has 0 fully saturated rings. The van der Waals surface area contributed by atoms with Gasteiger partial charge in [0, 0.05) is 23.9 Å². The third-order valence-corrected chi connectivity index (χ3v) is 2.86. The lowest BCUT2D eigenvalue weighted by Crippen LogP contribution is -2.12. The largest absolute Gasteiger partial charge is 0.396 e. The van der Waals surface area contributed by atoms with Crippen molar-refractivity contribution in [1.82, 2.24) is 15.0 Å². The minimum atomic E-state index is 0.0766. The Labute approximate surface area is 94.7 Å². The van der Waals surface area contributed by atoms with E-state index in [1.807, 2.05) is 24.7 Å². The summed E-state index contributed by atoms with van der Waals surface area (Å²) in [6.07, 6.45) is 5.60. The van der Waals surface area contributed by atoms with Crippen LogP contribution < -0.4 is 0 Å². The van der Waals surface area contributed by atoms with Gasteiger partial charge in [-0.15, -0.1) is 0 Å². The molecule has 0 radical (unpaired) electrons. The fourth-order valence-corrected chi connectivity index (χ4v) is 1.78. The van der Waals surface area contributed by atoms with Crippen LogP contribution in [0.3, 0.4) is 0 Å². The number of aromatic nitrogens is 3. The van der Waals surface area contributed by atoms with Crippen LogP contribution in [0, 0.1) is 5.92 Å². The van der Waals surface area contributed by atoms with Gasteiger partial charge < -0.3 is 15.1 Å². The summed E-state index contributed by atoms with van der Waals surface area (Å²) in [6.45, 7) is 4.29. The van der Waals surface area contributed by atoms with E-state index in [1.165, 1.54) is 0 Å². The van der Waals surface area contributed by atoms with Crippen LogP contribution in [-0.2, 0) is 0 Å². The van der Waals surface area contributed by atoms with Gasteiger partial charge in [-0.05, 0) is 12.0 Å². The van der Waals surface area contributed by atoms with Crippen LogP contribution in [-0.4, -0.2) is 26.7 Å². The van der Waals surface area contributed by atoms with Crippen molar-refractivity contribution in [1.29, 1.82) is 0 Å². The molecule has 0 amide bonds. The number of H-pyrrole nitrogens is 2. The zero-order valence-corrected chi connectivity index (χ0v) is 9.57. The third kappa shape index (κ3) is 2.02. The molecule has 86 valence electrons. The first-order valence-corrected chi connectivity index (χ1v) is 5.51. The highest BCUT2D eigenvalue weighted by atomic mass is 16.3. The quantitative estimate of drug-likeness (QED) is 0.737. The highest BCUT2D eigenvalue weighted by Crippen LogP contribution is 2.24. The van der Waals surface area contributed by atoms with Gasteiger partial charge in [-0.2, -0.15) is 0 Å². The van der Waals surface area contributed by atoms with Gasteiger partial charge in [-0.25, -0.2) is 4.98 Å². The summed E-state index contributed by atoms with van der Waals surface area (Å²) in [6, 6.07) is 1.99. The maximum Gasteiger partial charge on any atom is 0.112 e. The molecule has 0 aliphatic heterocycles. The molecule has 0 saturated heterocycles. The predicted molar refractivity (Wildman–Crippen MR) is 63.0 cm³/mol. The van der Waals surface area contributed by atoms with E-state index in [2.05, 4.69) is 28.8 Å². The molecule has 1 atom stereocenters. The molecule has 0 bridgehead atoms. The maximum absolute atomic E-state index is 9.32. The van der Waals surface area contributed by atoms with Crippen LogP contribution >= 0.6 is 0 Å². The average Bonchev–Trinajstić information content (AvgIpc) is 2.86. The molecule has 1 unspecified atom stereocenters. The molecule has 4 heteroatoms. The molecule has 2 aromatic heterocycles. The van der Waals surface area contributed by atoms with Crippen molar-refractivity contribution in [3.8, 4) is 11.3 Å². The smallest absolute Gasteiger partial charge is 0.112 e. The average molecular weight is 219 g/mol. The van der Waals surface area contributed by atoms with Crippen molar-refractivity contribution < 1.29 is 5.11 Å². The fourth-order valence-electron chi connectivity index (χ4n) is 1.78. The van der Waals surface area contributed by atoms with Gasteiger partial charge in [0.25, 0.3) is 0 Å². The van der Waals surface area contributed by atoms with E-state index in [0.717, 1.165) is 17.1 Å². The summed E-state index contributed by atoms with van der Waals surface area (Å²) in [7, 11) is 0. The molecule has 4 nitrogen and oxygen atoms in total. The zero-order valence-electron chi connectivity index (χ0n) is 9.57. The fraction of sp³-hybridized carbons (Fsp3) is 0.417. The van der Waals surface area contributed by atoms with Crippen LogP contribution in [0.2, 0.25) is 0 Å². The lowest BCUT2D eigenvalue weighted by molar-refractivity contribution is 0.232. The van der Waals surface area contributed by atoms with Gasteiger partial charge in [0.15, 0.2) is 0 Å². The highest BCUT2D eigenvalue weighted by molar-refractivity contribution is 5.57. The van der Waals surface area contributed by atoms with Gasteiger partial charge in [-0.3, -0.25) is 0 Å². The number of nitrogens with one attached hydrogen (secondary N) is 2. The summed E-state index contributed by atoms with van der Waals surface area (Å²) >= 11 is 0.